The second-order valence-electron chi connectivity index (χ2n) is 6.45. The van der Waals surface area contributed by atoms with Gasteiger partial charge in [-0.3, -0.25) is 14.9 Å². The highest BCUT2D eigenvalue weighted by Gasteiger charge is 2.58. The summed E-state index contributed by atoms with van der Waals surface area (Å²) in [5.41, 5.74) is -1.52. The van der Waals surface area contributed by atoms with Crippen LogP contribution in [0.2, 0.25) is 0 Å². The van der Waals surface area contributed by atoms with E-state index in [1.165, 1.54) is 17.9 Å². The van der Waals surface area contributed by atoms with Gasteiger partial charge >= 0.3 is 6.09 Å². The Balaban J connectivity index is 2.07. The summed E-state index contributed by atoms with van der Waals surface area (Å²) in [6, 6.07) is 5.87. The number of alkyl halides is 1. The van der Waals surface area contributed by atoms with E-state index < -0.39 is 28.0 Å². The molecule has 134 valence electrons. The maximum atomic E-state index is 12.9. The molecule has 1 saturated heterocycles. The second kappa shape index (κ2) is 6.63. The third kappa shape index (κ3) is 2.86. The Hall–Kier alpha value is -2.15. The molecular weight excluding hydrogens is 348 g/mol. The first-order chi connectivity index (χ1) is 11.9. The molecule has 3 atom stereocenters. The van der Waals surface area contributed by atoms with Crippen LogP contribution in [-0.4, -0.2) is 39.8 Å². The molecule has 0 spiro atoms. The normalized spacial score (nSPS) is 26.9. The maximum absolute atomic E-state index is 12.9. The minimum absolute atomic E-state index is 0.0488. The van der Waals surface area contributed by atoms with Gasteiger partial charge in [-0.2, -0.15) is 0 Å². The second-order valence-corrected chi connectivity index (χ2v) is 7.06. The Morgan fingerprint density at radius 1 is 1.48 bits per heavy atom. The van der Waals surface area contributed by atoms with E-state index in [-0.39, 0.29) is 11.5 Å². The molecule has 0 N–H and O–H groups in total. The van der Waals surface area contributed by atoms with Gasteiger partial charge in [0.05, 0.1) is 16.4 Å². The van der Waals surface area contributed by atoms with Crippen molar-refractivity contribution < 1.29 is 19.2 Å². The van der Waals surface area contributed by atoms with E-state index in [1.54, 1.807) is 18.2 Å². The van der Waals surface area contributed by atoms with Crippen LogP contribution in [0.4, 0.5) is 10.5 Å². The highest BCUT2D eigenvalue weighted by atomic mass is 35.5. The molecule has 2 aliphatic rings. The summed E-state index contributed by atoms with van der Waals surface area (Å²) in [4.78, 5) is 37.8. The first-order valence-electron chi connectivity index (χ1n) is 8.26. The SMILES string of the molecule is CC(Cl)OC(=O)N1CC[C@]2(c3ccccc3[N+](=O)[O-])C(=O)CCC[C@H]12. The molecule has 1 aliphatic heterocycles. The number of Topliss-reactive ketones (excluding diaryl/α,β-unsaturated/α-hetero) is 1. The number of hydrogen-bond acceptors (Lipinski definition) is 5. The van der Waals surface area contributed by atoms with Crippen LogP contribution in [0.1, 0.15) is 38.2 Å². The predicted octanol–water partition coefficient (Wildman–Crippen LogP) is 3.38. The van der Waals surface area contributed by atoms with Crippen LogP contribution in [0, 0.1) is 10.1 Å². The molecule has 8 heteroatoms. The van der Waals surface area contributed by atoms with Crippen molar-refractivity contribution in [2.75, 3.05) is 6.54 Å². The molecule has 0 bridgehead atoms. The lowest BCUT2D eigenvalue weighted by molar-refractivity contribution is -0.386. The van der Waals surface area contributed by atoms with Gasteiger partial charge in [0.1, 0.15) is 5.78 Å². The molecule has 1 aliphatic carbocycles. The van der Waals surface area contributed by atoms with Crippen LogP contribution < -0.4 is 0 Å². The van der Waals surface area contributed by atoms with Crippen molar-refractivity contribution in [1.82, 2.24) is 4.90 Å². The highest BCUT2D eigenvalue weighted by molar-refractivity contribution is 6.19. The van der Waals surface area contributed by atoms with Crippen molar-refractivity contribution in [3.05, 3.63) is 39.9 Å². The molecule has 7 nitrogen and oxygen atoms in total. The molecule has 2 fully saturated rings. The van der Waals surface area contributed by atoms with Crippen LogP contribution in [-0.2, 0) is 14.9 Å². The van der Waals surface area contributed by atoms with Crippen LogP contribution in [0.25, 0.3) is 0 Å². The van der Waals surface area contributed by atoms with Gasteiger partial charge in [-0.15, -0.1) is 0 Å². The number of nitrogens with zero attached hydrogens (tertiary/aromatic N) is 2. The molecule has 25 heavy (non-hydrogen) atoms. The van der Waals surface area contributed by atoms with E-state index >= 15 is 0 Å². The van der Waals surface area contributed by atoms with Gasteiger partial charge in [-0.05, 0) is 26.2 Å². The third-order valence-electron chi connectivity index (χ3n) is 5.15. The van der Waals surface area contributed by atoms with Gasteiger partial charge in [0.25, 0.3) is 5.69 Å². The van der Waals surface area contributed by atoms with Gasteiger partial charge in [0.2, 0.25) is 0 Å². The number of halogens is 1. The summed E-state index contributed by atoms with van der Waals surface area (Å²) in [5.74, 6) is -0.0488. The van der Waals surface area contributed by atoms with E-state index in [2.05, 4.69) is 0 Å². The number of ketones is 1. The Kier molecular flexibility index (Phi) is 4.69. The summed E-state index contributed by atoms with van der Waals surface area (Å²) >= 11 is 5.75. The van der Waals surface area contributed by atoms with Gasteiger partial charge in [0.15, 0.2) is 5.56 Å². The number of rotatable bonds is 3. The number of fused-ring (bicyclic) bond motifs is 1. The molecule has 1 aromatic rings. The number of nitro groups is 1. The summed E-state index contributed by atoms with van der Waals surface area (Å²) in [5, 5.41) is 11.5. The first kappa shape index (κ1) is 17.7. The summed E-state index contributed by atoms with van der Waals surface area (Å²) in [6.45, 7) is 1.85. The zero-order chi connectivity index (χ0) is 18.2. The number of para-hydroxylation sites is 1. The maximum Gasteiger partial charge on any atom is 0.411 e. The monoisotopic (exact) mass is 366 g/mol. The van der Waals surface area contributed by atoms with E-state index in [0.29, 0.717) is 37.8 Å². The molecule has 1 unspecified atom stereocenters. The van der Waals surface area contributed by atoms with Crippen LogP contribution in [0.15, 0.2) is 24.3 Å². The standard InChI is InChI=1S/C17H19ClN2O5/c1-11(18)25-16(22)19-10-9-17(14(19)7-4-8-15(17)21)12-5-2-3-6-13(12)20(23)24/h2-3,5-6,11,14H,4,7-10H2,1H3/t11?,14-,17+/m0/s1. The zero-order valence-electron chi connectivity index (χ0n) is 13.8. The lowest BCUT2D eigenvalue weighted by Gasteiger charge is -2.40. The molecule has 1 saturated carbocycles. The first-order valence-corrected chi connectivity index (χ1v) is 8.70. The van der Waals surface area contributed by atoms with Gasteiger partial charge in [-0.1, -0.05) is 29.8 Å². The Morgan fingerprint density at radius 2 is 2.20 bits per heavy atom. The molecule has 1 amide bonds. The largest absolute Gasteiger partial charge is 0.430 e. The molecule has 1 heterocycles. The summed E-state index contributed by atoms with van der Waals surface area (Å²) < 4.78 is 5.08. The van der Waals surface area contributed by atoms with E-state index in [1.807, 2.05) is 0 Å². The molecular formula is C17H19ClN2O5. The number of carbonyl (C=O) groups excluding carboxylic acids is 2. The average Bonchev–Trinajstić information content (AvgIpc) is 2.96. The van der Waals surface area contributed by atoms with Crippen molar-refractivity contribution >= 4 is 29.2 Å². The molecule has 1 aromatic carbocycles. The fraction of sp³-hybridized carbons (Fsp3) is 0.529. The number of amides is 1. The van der Waals surface area contributed by atoms with Gasteiger partial charge < -0.3 is 9.64 Å². The van der Waals surface area contributed by atoms with E-state index in [4.69, 9.17) is 16.3 Å². The Labute approximate surface area is 150 Å². The van der Waals surface area contributed by atoms with Crippen molar-refractivity contribution in [2.45, 2.75) is 49.6 Å². The number of benzene rings is 1. The molecule has 0 aromatic heterocycles. The fourth-order valence-electron chi connectivity index (χ4n) is 4.19. The lowest BCUT2D eigenvalue weighted by atomic mass is 9.65. The van der Waals surface area contributed by atoms with Gasteiger partial charge in [-0.25, -0.2) is 4.79 Å². The molecule has 0 radical (unpaired) electrons. The lowest BCUT2D eigenvalue weighted by Crippen LogP contribution is -2.52. The summed E-state index contributed by atoms with van der Waals surface area (Å²) in [6.07, 6.45) is 1.38. The summed E-state index contributed by atoms with van der Waals surface area (Å²) in [7, 11) is 0. The number of nitro benzene ring substituents is 1. The Morgan fingerprint density at radius 3 is 2.88 bits per heavy atom. The van der Waals surface area contributed by atoms with Crippen molar-refractivity contribution in [3.8, 4) is 0 Å². The topological polar surface area (TPSA) is 89.8 Å². The van der Waals surface area contributed by atoms with E-state index in [0.717, 1.165) is 0 Å². The number of hydrogen-bond donors (Lipinski definition) is 0. The van der Waals surface area contributed by atoms with Crippen molar-refractivity contribution in [1.29, 1.82) is 0 Å². The minimum Gasteiger partial charge on any atom is -0.430 e. The van der Waals surface area contributed by atoms with Crippen LogP contribution >= 0.6 is 11.6 Å². The highest BCUT2D eigenvalue weighted by Crippen LogP contribution is 2.49. The van der Waals surface area contributed by atoms with Crippen LogP contribution in [0.5, 0.6) is 0 Å². The average molecular weight is 367 g/mol. The van der Waals surface area contributed by atoms with Crippen LogP contribution in [0.3, 0.4) is 0 Å². The number of carbonyl (C=O) groups is 2. The van der Waals surface area contributed by atoms with E-state index in [9.17, 15) is 19.7 Å². The van der Waals surface area contributed by atoms with Crippen molar-refractivity contribution in [3.63, 3.8) is 0 Å². The smallest absolute Gasteiger partial charge is 0.411 e. The number of likely N-dealkylation sites (tertiary alicyclic amines) is 1. The fourth-order valence-corrected chi connectivity index (χ4v) is 4.27. The quantitative estimate of drug-likeness (QED) is 0.464. The Bertz CT molecular complexity index is 723. The number of ether oxygens (including phenoxy) is 1. The third-order valence-corrected chi connectivity index (χ3v) is 5.24. The minimum atomic E-state index is -1.05. The zero-order valence-corrected chi connectivity index (χ0v) is 14.6. The molecule has 3 rings (SSSR count). The van der Waals surface area contributed by atoms with Gasteiger partial charge in [0, 0.05) is 24.6 Å². The van der Waals surface area contributed by atoms with Crippen molar-refractivity contribution in [2.24, 2.45) is 0 Å². The predicted molar refractivity (Wildman–Crippen MR) is 90.5 cm³/mol.